The molecule has 0 aliphatic carbocycles. The lowest BCUT2D eigenvalue weighted by atomic mass is 10.0. The van der Waals surface area contributed by atoms with Crippen LogP contribution in [0, 0.1) is 19.8 Å². The molecule has 3 nitrogen and oxygen atoms in total. The Morgan fingerprint density at radius 1 is 1.41 bits per heavy atom. The van der Waals surface area contributed by atoms with Gasteiger partial charge < -0.3 is 11.1 Å². The zero-order valence-electron chi connectivity index (χ0n) is 11.1. The first kappa shape index (κ1) is 13.6. The van der Waals surface area contributed by atoms with Crippen LogP contribution in [0.25, 0.3) is 0 Å². The first-order chi connectivity index (χ1) is 7.97. The molecule has 1 atom stereocenters. The number of hydrogen-bond donors (Lipinski definition) is 2. The van der Waals surface area contributed by atoms with Crippen LogP contribution in [0.4, 0.5) is 11.4 Å². The molecule has 1 amide bonds. The van der Waals surface area contributed by atoms with Crippen molar-refractivity contribution >= 4 is 17.3 Å². The summed E-state index contributed by atoms with van der Waals surface area (Å²) in [6, 6.07) is 3.80. The summed E-state index contributed by atoms with van der Waals surface area (Å²) in [5.41, 5.74) is 9.47. The fourth-order valence-electron chi connectivity index (χ4n) is 1.81. The third kappa shape index (κ3) is 3.22. The molecule has 1 rings (SSSR count). The number of benzene rings is 1. The monoisotopic (exact) mass is 234 g/mol. The number of aryl methyl sites for hydroxylation is 1. The zero-order chi connectivity index (χ0) is 13.0. The van der Waals surface area contributed by atoms with E-state index >= 15 is 0 Å². The van der Waals surface area contributed by atoms with Gasteiger partial charge in [-0.05, 0) is 37.5 Å². The molecule has 3 heteroatoms. The first-order valence-corrected chi connectivity index (χ1v) is 6.13. The molecular formula is C14H22N2O. The molecule has 0 fully saturated rings. The lowest BCUT2D eigenvalue weighted by Crippen LogP contribution is -2.21. The van der Waals surface area contributed by atoms with Crippen LogP contribution in [0.5, 0.6) is 0 Å². The van der Waals surface area contributed by atoms with Gasteiger partial charge in [-0.2, -0.15) is 0 Å². The van der Waals surface area contributed by atoms with E-state index in [1.807, 2.05) is 32.9 Å². The maximum atomic E-state index is 12.0. The Balaban J connectivity index is 2.88. The van der Waals surface area contributed by atoms with Crippen LogP contribution in [-0.4, -0.2) is 5.91 Å². The minimum atomic E-state index is 0.0271. The highest BCUT2D eigenvalue weighted by atomic mass is 16.1. The predicted molar refractivity (Wildman–Crippen MR) is 73.0 cm³/mol. The van der Waals surface area contributed by atoms with Crippen molar-refractivity contribution in [1.82, 2.24) is 0 Å². The fourth-order valence-corrected chi connectivity index (χ4v) is 1.81. The summed E-state index contributed by atoms with van der Waals surface area (Å²) in [5.74, 6) is 0.0755. The molecule has 0 aromatic heterocycles. The fraction of sp³-hybridized carbons (Fsp3) is 0.500. The summed E-state index contributed by atoms with van der Waals surface area (Å²) in [4.78, 5) is 12.0. The maximum absolute atomic E-state index is 12.0. The number of hydrogen-bond acceptors (Lipinski definition) is 2. The van der Waals surface area contributed by atoms with Crippen LogP contribution < -0.4 is 11.1 Å². The summed E-state index contributed by atoms with van der Waals surface area (Å²) >= 11 is 0. The Labute approximate surface area is 103 Å². The predicted octanol–water partition coefficient (Wildman–Crippen LogP) is 3.26. The Morgan fingerprint density at radius 2 is 2.06 bits per heavy atom. The Hall–Kier alpha value is -1.51. The van der Waals surface area contributed by atoms with E-state index in [-0.39, 0.29) is 11.8 Å². The molecule has 0 bridgehead atoms. The molecule has 0 saturated heterocycles. The second-order valence-electron chi connectivity index (χ2n) is 4.65. The third-order valence-electron chi connectivity index (χ3n) is 3.19. The van der Waals surface area contributed by atoms with Crippen LogP contribution in [0.2, 0.25) is 0 Å². The van der Waals surface area contributed by atoms with E-state index in [1.54, 1.807) is 0 Å². The van der Waals surface area contributed by atoms with Crippen LogP contribution in [0.3, 0.4) is 0 Å². The average Bonchev–Trinajstić information content (AvgIpc) is 2.29. The van der Waals surface area contributed by atoms with Gasteiger partial charge in [0.05, 0.1) is 11.4 Å². The smallest absolute Gasteiger partial charge is 0.227 e. The second-order valence-corrected chi connectivity index (χ2v) is 4.65. The van der Waals surface area contributed by atoms with Gasteiger partial charge in [-0.15, -0.1) is 0 Å². The molecule has 0 heterocycles. The van der Waals surface area contributed by atoms with Gasteiger partial charge >= 0.3 is 0 Å². The van der Waals surface area contributed by atoms with E-state index in [2.05, 4.69) is 12.2 Å². The average molecular weight is 234 g/mol. The Bertz CT molecular complexity index is 413. The van der Waals surface area contributed by atoms with Crippen molar-refractivity contribution < 1.29 is 4.79 Å². The Morgan fingerprint density at radius 3 is 2.65 bits per heavy atom. The number of carbonyl (C=O) groups excluding carboxylic acids is 1. The van der Waals surface area contributed by atoms with Crippen LogP contribution in [0.15, 0.2) is 12.1 Å². The quantitative estimate of drug-likeness (QED) is 0.786. The molecule has 17 heavy (non-hydrogen) atoms. The summed E-state index contributed by atoms with van der Waals surface area (Å²) in [7, 11) is 0. The van der Waals surface area contributed by atoms with E-state index in [4.69, 9.17) is 5.73 Å². The lowest BCUT2D eigenvalue weighted by molar-refractivity contribution is -0.119. The van der Waals surface area contributed by atoms with E-state index < -0.39 is 0 Å². The highest BCUT2D eigenvalue weighted by Gasteiger charge is 2.14. The van der Waals surface area contributed by atoms with Crippen LogP contribution >= 0.6 is 0 Å². The summed E-state index contributed by atoms with van der Waals surface area (Å²) < 4.78 is 0. The molecule has 1 aromatic carbocycles. The largest absolute Gasteiger partial charge is 0.397 e. The van der Waals surface area contributed by atoms with Gasteiger partial charge in [0, 0.05) is 5.92 Å². The van der Waals surface area contributed by atoms with Gasteiger partial charge in [-0.1, -0.05) is 26.3 Å². The molecule has 0 aliphatic rings. The van der Waals surface area contributed by atoms with Crippen LogP contribution in [-0.2, 0) is 4.79 Å². The number of nitrogens with one attached hydrogen (secondary N) is 1. The minimum Gasteiger partial charge on any atom is -0.397 e. The first-order valence-electron chi connectivity index (χ1n) is 6.13. The lowest BCUT2D eigenvalue weighted by Gasteiger charge is -2.16. The van der Waals surface area contributed by atoms with Gasteiger partial charge in [0.1, 0.15) is 0 Å². The normalized spacial score (nSPS) is 12.2. The topological polar surface area (TPSA) is 55.1 Å². The molecule has 1 unspecified atom stereocenters. The van der Waals surface area contributed by atoms with Gasteiger partial charge in [0.15, 0.2) is 0 Å². The number of rotatable bonds is 4. The van der Waals surface area contributed by atoms with Crippen molar-refractivity contribution in [2.45, 2.75) is 40.5 Å². The van der Waals surface area contributed by atoms with Crippen LogP contribution in [0.1, 0.15) is 37.8 Å². The SMILES string of the molecule is CCCC(C)C(=O)Nc1c(N)ccc(C)c1C. The molecule has 1 aromatic rings. The van der Waals surface area contributed by atoms with E-state index in [9.17, 15) is 4.79 Å². The molecule has 0 saturated carbocycles. The third-order valence-corrected chi connectivity index (χ3v) is 3.19. The molecular weight excluding hydrogens is 212 g/mol. The van der Waals surface area contributed by atoms with Gasteiger partial charge in [-0.25, -0.2) is 0 Å². The van der Waals surface area contributed by atoms with Crippen molar-refractivity contribution in [2.24, 2.45) is 5.92 Å². The molecule has 0 spiro atoms. The van der Waals surface area contributed by atoms with Crippen molar-refractivity contribution in [3.8, 4) is 0 Å². The van der Waals surface area contributed by atoms with Gasteiger partial charge in [0.25, 0.3) is 0 Å². The molecule has 0 radical (unpaired) electrons. The molecule has 0 aliphatic heterocycles. The highest BCUT2D eigenvalue weighted by molar-refractivity contribution is 5.96. The van der Waals surface area contributed by atoms with E-state index in [0.717, 1.165) is 29.7 Å². The molecule has 3 N–H and O–H groups in total. The van der Waals surface area contributed by atoms with Crippen molar-refractivity contribution in [3.63, 3.8) is 0 Å². The molecule has 94 valence electrons. The highest BCUT2D eigenvalue weighted by Crippen LogP contribution is 2.26. The van der Waals surface area contributed by atoms with Gasteiger partial charge in [-0.3, -0.25) is 4.79 Å². The standard InChI is InChI=1S/C14H22N2O/c1-5-6-10(3)14(17)16-13-11(4)9(2)7-8-12(13)15/h7-8,10H,5-6,15H2,1-4H3,(H,16,17). The number of nitrogen functional groups attached to an aromatic ring is 1. The zero-order valence-corrected chi connectivity index (χ0v) is 11.1. The van der Waals surface area contributed by atoms with Crippen molar-refractivity contribution in [2.75, 3.05) is 11.1 Å². The maximum Gasteiger partial charge on any atom is 0.227 e. The summed E-state index contributed by atoms with van der Waals surface area (Å²) in [6.45, 7) is 8.02. The van der Waals surface area contributed by atoms with Gasteiger partial charge in [0.2, 0.25) is 5.91 Å². The van der Waals surface area contributed by atoms with Crippen molar-refractivity contribution in [3.05, 3.63) is 23.3 Å². The number of amides is 1. The summed E-state index contributed by atoms with van der Waals surface area (Å²) in [5, 5.41) is 2.94. The summed E-state index contributed by atoms with van der Waals surface area (Å²) in [6.07, 6.45) is 1.91. The second kappa shape index (κ2) is 5.71. The minimum absolute atomic E-state index is 0.0271. The number of nitrogens with two attached hydrogens (primary N) is 1. The number of carbonyl (C=O) groups is 1. The van der Waals surface area contributed by atoms with E-state index in [0.29, 0.717) is 5.69 Å². The van der Waals surface area contributed by atoms with Crippen molar-refractivity contribution in [1.29, 1.82) is 0 Å². The Kier molecular flexibility index (Phi) is 4.55. The number of anilines is 2. The van der Waals surface area contributed by atoms with E-state index in [1.165, 1.54) is 0 Å².